The minimum atomic E-state index is 0.773. The van der Waals surface area contributed by atoms with Crippen LogP contribution in [-0.2, 0) is 0 Å². The molecule has 3 rings (SSSR count). The molecule has 1 saturated heterocycles. The van der Waals surface area contributed by atoms with Gasteiger partial charge < -0.3 is 10.2 Å². The molecule has 2 saturated carbocycles. The van der Waals surface area contributed by atoms with Crippen molar-refractivity contribution in [2.45, 2.75) is 96.1 Å². The van der Waals surface area contributed by atoms with Gasteiger partial charge in [0.2, 0.25) is 0 Å². The summed E-state index contributed by atoms with van der Waals surface area (Å²) in [7, 11) is 0. The van der Waals surface area contributed by atoms with E-state index in [1.807, 2.05) is 0 Å². The van der Waals surface area contributed by atoms with Crippen molar-refractivity contribution in [3.63, 3.8) is 0 Å². The van der Waals surface area contributed by atoms with Crippen LogP contribution in [0, 0.1) is 11.8 Å². The van der Waals surface area contributed by atoms with E-state index in [0.29, 0.717) is 0 Å². The Labute approximate surface area is 138 Å². The summed E-state index contributed by atoms with van der Waals surface area (Å²) in [5, 5.41) is 4.06. The highest BCUT2D eigenvalue weighted by Crippen LogP contribution is 2.29. The molecule has 2 heteroatoms. The van der Waals surface area contributed by atoms with Crippen LogP contribution in [0.25, 0.3) is 0 Å². The molecule has 0 bridgehead atoms. The topological polar surface area (TPSA) is 15.3 Å². The fraction of sp³-hybridized carbons (Fsp3) is 1.00. The van der Waals surface area contributed by atoms with Crippen molar-refractivity contribution in [3.8, 4) is 0 Å². The van der Waals surface area contributed by atoms with Crippen LogP contribution in [0.3, 0.4) is 0 Å². The molecule has 1 N–H and O–H groups in total. The summed E-state index contributed by atoms with van der Waals surface area (Å²) < 4.78 is 0. The SMILES string of the molecule is CCCC1CC(NC2CCCCC2)CN(CC2CCCC2)C1. The minimum absolute atomic E-state index is 0.773. The van der Waals surface area contributed by atoms with Gasteiger partial charge in [0.15, 0.2) is 0 Å². The highest BCUT2D eigenvalue weighted by Gasteiger charge is 2.30. The molecule has 22 heavy (non-hydrogen) atoms. The zero-order chi connectivity index (χ0) is 15.2. The van der Waals surface area contributed by atoms with Gasteiger partial charge in [-0.05, 0) is 50.4 Å². The lowest BCUT2D eigenvalue weighted by Gasteiger charge is -2.41. The monoisotopic (exact) mass is 306 g/mol. The van der Waals surface area contributed by atoms with Crippen molar-refractivity contribution in [3.05, 3.63) is 0 Å². The maximum atomic E-state index is 4.06. The van der Waals surface area contributed by atoms with E-state index in [2.05, 4.69) is 17.1 Å². The second-order valence-corrected chi connectivity index (χ2v) is 8.46. The molecule has 0 aromatic rings. The molecule has 0 aromatic heterocycles. The van der Waals surface area contributed by atoms with Crippen molar-refractivity contribution in [2.75, 3.05) is 19.6 Å². The number of hydrogen-bond acceptors (Lipinski definition) is 2. The summed E-state index contributed by atoms with van der Waals surface area (Å²) in [4.78, 5) is 2.83. The zero-order valence-corrected chi connectivity index (χ0v) is 14.9. The third kappa shape index (κ3) is 4.96. The van der Waals surface area contributed by atoms with Crippen LogP contribution < -0.4 is 5.32 Å². The standard InChI is InChI=1S/C20H38N2/c1-2-8-18-13-20(21-19-11-4-3-5-12-19)16-22(15-18)14-17-9-6-7-10-17/h17-21H,2-16H2,1H3. The van der Waals surface area contributed by atoms with E-state index in [1.54, 1.807) is 0 Å². The Balaban J connectivity index is 1.51. The first-order valence-electron chi connectivity index (χ1n) is 10.3. The molecule has 0 radical (unpaired) electrons. The molecule has 2 unspecified atom stereocenters. The van der Waals surface area contributed by atoms with E-state index in [4.69, 9.17) is 0 Å². The molecule has 1 heterocycles. The third-order valence-electron chi connectivity index (χ3n) is 6.38. The van der Waals surface area contributed by atoms with E-state index in [0.717, 1.165) is 23.9 Å². The van der Waals surface area contributed by atoms with E-state index < -0.39 is 0 Å². The first-order valence-corrected chi connectivity index (χ1v) is 10.3. The number of piperidine rings is 1. The second kappa shape index (κ2) is 8.68. The number of nitrogens with zero attached hydrogens (tertiary/aromatic N) is 1. The lowest BCUT2D eigenvalue weighted by molar-refractivity contribution is 0.110. The molecule has 0 amide bonds. The van der Waals surface area contributed by atoms with Gasteiger partial charge in [-0.1, -0.05) is 45.4 Å². The average molecular weight is 307 g/mol. The summed E-state index contributed by atoms with van der Waals surface area (Å²) >= 11 is 0. The van der Waals surface area contributed by atoms with Crippen molar-refractivity contribution in [2.24, 2.45) is 11.8 Å². The Hall–Kier alpha value is -0.0800. The largest absolute Gasteiger partial charge is 0.310 e. The van der Waals surface area contributed by atoms with Crippen LogP contribution in [0.1, 0.15) is 84.0 Å². The molecular weight excluding hydrogens is 268 g/mol. The van der Waals surface area contributed by atoms with Crippen molar-refractivity contribution in [1.82, 2.24) is 10.2 Å². The van der Waals surface area contributed by atoms with Crippen molar-refractivity contribution < 1.29 is 0 Å². The van der Waals surface area contributed by atoms with Gasteiger partial charge in [0.05, 0.1) is 0 Å². The number of rotatable bonds is 6. The Morgan fingerprint density at radius 2 is 1.55 bits per heavy atom. The first kappa shape index (κ1) is 16.8. The lowest BCUT2D eigenvalue weighted by Crippen LogP contribution is -2.53. The minimum Gasteiger partial charge on any atom is -0.310 e. The van der Waals surface area contributed by atoms with Gasteiger partial charge in [-0.3, -0.25) is 0 Å². The maximum absolute atomic E-state index is 4.06. The number of nitrogens with one attached hydrogen (secondary N) is 1. The van der Waals surface area contributed by atoms with Gasteiger partial charge in [0.25, 0.3) is 0 Å². The van der Waals surface area contributed by atoms with Gasteiger partial charge in [0.1, 0.15) is 0 Å². The van der Waals surface area contributed by atoms with E-state index in [1.165, 1.54) is 96.7 Å². The molecule has 2 nitrogen and oxygen atoms in total. The molecule has 3 fully saturated rings. The fourth-order valence-corrected chi connectivity index (χ4v) is 5.35. The van der Waals surface area contributed by atoms with Crippen molar-refractivity contribution in [1.29, 1.82) is 0 Å². The second-order valence-electron chi connectivity index (χ2n) is 8.46. The molecule has 128 valence electrons. The maximum Gasteiger partial charge on any atom is 0.0200 e. The van der Waals surface area contributed by atoms with Gasteiger partial charge in [-0.25, -0.2) is 0 Å². The predicted octanol–water partition coefficient (Wildman–Crippen LogP) is 4.59. The van der Waals surface area contributed by atoms with Gasteiger partial charge in [0, 0.05) is 31.7 Å². The molecule has 0 aromatic carbocycles. The molecular formula is C20H38N2. The lowest BCUT2D eigenvalue weighted by atomic mass is 9.88. The Morgan fingerprint density at radius 1 is 0.818 bits per heavy atom. The molecule has 3 aliphatic rings. The fourth-order valence-electron chi connectivity index (χ4n) is 5.35. The average Bonchev–Trinajstić information content (AvgIpc) is 3.01. The predicted molar refractivity (Wildman–Crippen MR) is 95.2 cm³/mol. The normalized spacial score (nSPS) is 32.6. The van der Waals surface area contributed by atoms with Crippen LogP contribution in [0.5, 0.6) is 0 Å². The summed E-state index contributed by atoms with van der Waals surface area (Å²) in [6.07, 6.45) is 17.4. The van der Waals surface area contributed by atoms with E-state index in [-0.39, 0.29) is 0 Å². The summed E-state index contributed by atoms with van der Waals surface area (Å²) in [5.74, 6) is 1.96. The van der Waals surface area contributed by atoms with Gasteiger partial charge in [-0.2, -0.15) is 0 Å². The smallest absolute Gasteiger partial charge is 0.0200 e. The number of likely N-dealkylation sites (tertiary alicyclic amines) is 1. The Morgan fingerprint density at radius 3 is 2.27 bits per heavy atom. The highest BCUT2D eigenvalue weighted by atomic mass is 15.2. The van der Waals surface area contributed by atoms with Crippen LogP contribution in [0.15, 0.2) is 0 Å². The molecule has 0 spiro atoms. The third-order valence-corrected chi connectivity index (χ3v) is 6.38. The van der Waals surface area contributed by atoms with Gasteiger partial charge in [-0.15, -0.1) is 0 Å². The Kier molecular flexibility index (Phi) is 6.62. The molecule has 1 aliphatic heterocycles. The highest BCUT2D eigenvalue weighted by molar-refractivity contribution is 4.87. The quantitative estimate of drug-likeness (QED) is 0.772. The van der Waals surface area contributed by atoms with Crippen LogP contribution in [0.4, 0.5) is 0 Å². The van der Waals surface area contributed by atoms with Crippen LogP contribution in [-0.4, -0.2) is 36.6 Å². The van der Waals surface area contributed by atoms with Gasteiger partial charge >= 0.3 is 0 Å². The summed E-state index contributed by atoms with van der Waals surface area (Å²) in [5.41, 5.74) is 0. The summed E-state index contributed by atoms with van der Waals surface area (Å²) in [6.45, 7) is 6.46. The van der Waals surface area contributed by atoms with E-state index >= 15 is 0 Å². The van der Waals surface area contributed by atoms with E-state index in [9.17, 15) is 0 Å². The van der Waals surface area contributed by atoms with Crippen LogP contribution in [0.2, 0.25) is 0 Å². The number of hydrogen-bond donors (Lipinski definition) is 1. The van der Waals surface area contributed by atoms with Crippen LogP contribution >= 0.6 is 0 Å². The first-order chi connectivity index (χ1) is 10.8. The molecule has 2 atom stereocenters. The summed E-state index contributed by atoms with van der Waals surface area (Å²) in [6, 6.07) is 1.60. The zero-order valence-electron chi connectivity index (χ0n) is 14.9. The molecule has 2 aliphatic carbocycles. The Bertz CT molecular complexity index is 305. The van der Waals surface area contributed by atoms with Crippen molar-refractivity contribution >= 4 is 0 Å².